The van der Waals surface area contributed by atoms with E-state index >= 15 is 0 Å². The third-order valence-corrected chi connectivity index (χ3v) is 3.39. The van der Waals surface area contributed by atoms with Crippen LogP contribution in [-0.4, -0.2) is 13.1 Å². The van der Waals surface area contributed by atoms with E-state index in [2.05, 4.69) is 0 Å². The maximum Gasteiger partial charge on any atom is 0.336 e. The van der Waals surface area contributed by atoms with Gasteiger partial charge in [0, 0.05) is 17.5 Å². The minimum absolute atomic E-state index is 0.0995. The number of fused-ring (bicyclic) bond motifs is 1. The quantitative estimate of drug-likeness (QED) is 0.418. The summed E-state index contributed by atoms with van der Waals surface area (Å²) in [6, 6.07) is 11.9. The van der Waals surface area contributed by atoms with E-state index in [9.17, 15) is 14.0 Å². The highest BCUT2D eigenvalue weighted by atomic mass is 19.1. The molecule has 2 aromatic carbocycles. The van der Waals surface area contributed by atoms with Crippen molar-refractivity contribution in [3.63, 3.8) is 0 Å². The Labute approximate surface area is 136 Å². The summed E-state index contributed by atoms with van der Waals surface area (Å²) in [5.41, 5.74) is 0.300. The molecule has 0 saturated carbocycles. The molecule has 1 aromatic heterocycles. The van der Waals surface area contributed by atoms with E-state index in [-0.39, 0.29) is 17.9 Å². The van der Waals surface area contributed by atoms with Gasteiger partial charge in [0.1, 0.15) is 11.3 Å². The van der Waals surface area contributed by atoms with Crippen LogP contribution in [0.15, 0.2) is 57.7 Å². The Morgan fingerprint density at radius 2 is 1.92 bits per heavy atom. The number of ether oxygens (including phenoxy) is 2. The van der Waals surface area contributed by atoms with Gasteiger partial charge in [-0.1, -0.05) is 6.07 Å². The molecular weight excluding hydrogens is 315 g/mol. The summed E-state index contributed by atoms with van der Waals surface area (Å²) in [7, 11) is 1.37. The number of hydrogen-bond acceptors (Lipinski definition) is 5. The van der Waals surface area contributed by atoms with Gasteiger partial charge < -0.3 is 13.9 Å². The Morgan fingerprint density at radius 1 is 1.12 bits per heavy atom. The zero-order valence-electron chi connectivity index (χ0n) is 12.7. The molecule has 3 aromatic rings. The minimum atomic E-state index is -0.558. The van der Waals surface area contributed by atoms with Gasteiger partial charge in [-0.3, -0.25) is 4.79 Å². The highest BCUT2D eigenvalue weighted by molar-refractivity contribution is 5.80. The Hall–Kier alpha value is -3.15. The van der Waals surface area contributed by atoms with Crippen molar-refractivity contribution in [2.24, 2.45) is 0 Å². The molecule has 0 radical (unpaired) electrons. The molecule has 0 saturated heterocycles. The molecule has 0 N–H and O–H groups in total. The lowest BCUT2D eigenvalue weighted by Gasteiger charge is -2.07. The third-order valence-electron chi connectivity index (χ3n) is 3.39. The standard InChI is InChI=1S/C18H13FO5/c1-22-15-6-2-11(8-14(15)19)9-18(21)23-13-5-3-12-4-7-17(20)24-16(12)10-13/h2-8,10H,9H2,1H3. The number of carbonyl (C=O) groups is 1. The Kier molecular flexibility index (Phi) is 4.29. The van der Waals surface area contributed by atoms with E-state index in [1.807, 2.05) is 0 Å². The maximum atomic E-state index is 13.6. The first-order chi connectivity index (χ1) is 11.5. The van der Waals surface area contributed by atoms with Gasteiger partial charge in [0.15, 0.2) is 11.6 Å². The van der Waals surface area contributed by atoms with Crippen LogP contribution < -0.4 is 15.1 Å². The van der Waals surface area contributed by atoms with Crippen LogP contribution in [0.2, 0.25) is 0 Å². The topological polar surface area (TPSA) is 65.7 Å². The van der Waals surface area contributed by atoms with Crippen molar-refractivity contribution in [2.75, 3.05) is 7.11 Å². The number of methoxy groups -OCH3 is 1. The van der Waals surface area contributed by atoms with Gasteiger partial charge in [-0.25, -0.2) is 9.18 Å². The fraction of sp³-hybridized carbons (Fsp3) is 0.111. The first-order valence-electron chi connectivity index (χ1n) is 7.12. The van der Waals surface area contributed by atoms with E-state index in [4.69, 9.17) is 13.9 Å². The number of carbonyl (C=O) groups excluding carboxylic acids is 1. The average molecular weight is 328 g/mol. The molecule has 0 amide bonds. The predicted molar refractivity (Wildman–Crippen MR) is 84.8 cm³/mol. The van der Waals surface area contributed by atoms with E-state index in [0.29, 0.717) is 16.5 Å². The maximum absolute atomic E-state index is 13.6. The van der Waals surface area contributed by atoms with Gasteiger partial charge in [-0.2, -0.15) is 0 Å². The number of esters is 1. The van der Waals surface area contributed by atoms with Crippen LogP contribution >= 0.6 is 0 Å². The molecule has 0 aliphatic carbocycles. The molecule has 0 aliphatic heterocycles. The molecule has 5 nitrogen and oxygen atoms in total. The summed E-state index contributed by atoms with van der Waals surface area (Å²) < 4.78 is 28.7. The van der Waals surface area contributed by atoms with Crippen molar-refractivity contribution in [1.82, 2.24) is 0 Å². The van der Waals surface area contributed by atoms with Crippen molar-refractivity contribution in [3.8, 4) is 11.5 Å². The predicted octanol–water partition coefficient (Wildman–Crippen LogP) is 3.09. The second-order valence-corrected chi connectivity index (χ2v) is 5.07. The number of halogens is 1. The van der Waals surface area contributed by atoms with Gasteiger partial charge in [-0.15, -0.1) is 0 Å². The average Bonchev–Trinajstić information content (AvgIpc) is 2.54. The molecule has 122 valence electrons. The van der Waals surface area contributed by atoms with E-state index in [1.54, 1.807) is 24.3 Å². The summed E-state index contributed by atoms with van der Waals surface area (Å²) in [4.78, 5) is 23.2. The van der Waals surface area contributed by atoms with Crippen molar-refractivity contribution < 1.29 is 23.1 Å². The Balaban J connectivity index is 1.74. The van der Waals surface area contributed by atoms with Gasteiger partial charge >= 0.3 is 11.6 Å². The third kappa shape index (κ3) is 3.43. The number of rotatable bonds is 4. The van der Waals surface area contributed by atoms with Crippen LogP contribution in [-0.2, 0) is 11.2 Å². The minimum Gasteiger partial charge on any atom is -0.494 e. The molecule has 24 heavy (non-hydrogen) atoms. The lowest BCUT2D eigenvalue weighted by Crippen LogP contribution is -2.11. The number of benzene rings is 2. The van der Waals surface area contributed by atoms with Crippen LogP contribution in [0.4, 0.5) is 4.39 Å². The number of hydrogen-bond donors (Lipinski definition) is 0. The Morgan fingerprint density at radius 3 is 2.67 bits per heavy atom. The van der Waals surface area contributed by atoms with Crippen molar-refractivity contribution in [2.45, 2.75) is 6.42 Å². The highest BCUT2D eigenvalue weighted by Crippen LogP contribution is 2.21. The van der Waals surface area contributed by atoms with Crippen molar-refractivity contribution in [1.29, 1.82) is 0 Å². The van der Waals surface area contributed by atoms with Gasteiger partial charge in [-0.05, 0) is 35.9 Å². The summed E-state index contributed by atoms with van der Waals surface area (Å²) in [6.07, 6.45) is -0.0995. The first kappa shape index (κ1) is 15.7. The van der Waals surface area contributed by atoms with Crippen molar-refractivity contribution in [3.05, 3.63) is 70.3 Å². The van der Waals surface area contributed by atoms with E-state index in [1.165, 1.54) is 31.4 Å². The fourth-order valence-electron chi connectivity index (χ4n) is 2.26. The molecule has 0 fully saturated rings. The van der Waals surface area contributed by atoms with E-state index in [0.717, 1.165) is 0 Å². The smallest absolute Gasteiger partial charge is 0.336 e. The molecular formula is C18H13FO5. The molecule has 0 atom stereocenters. The van der Waals surface area contributed by atoms with Crippen LogP contribution in [0.5, 0.6) is 11.5 Å². The second-order valence-electron chi connectivity index (χ2n) is 5.07. The molecule has 6 heteroatoms. The van der Waals surface area contributed by atoms with Crippen LogP contribution in [0, 0.1) is 5.82 Å². The fourth-order valence-corrected chi connectivity index (χ4v) is 2.26. The Bertz CT molecular complexity index is 961. The second kappa shape index (κ2) is 6.54. The SMILES string of the molecule is COc1ccc(CC(=O)Oc2ccc3ccc(=O)oc3c2)cc1F. The van der Waals surface area contributed by atoms with E-state index < -0.39 is 17.4 Å². The van der Waals surface area contributed by atoms with Gasteiger partial charge in [0.05, 0.1) is 13.5 Å². The first-order valence-corrected chi connectivity index (χ1v) is 7.12. The summed E-state index contributed by atoms with van der Waals surface area (Å²) in [5.74, 6) is -0.750. The summed E-state index contributed by atoms with van der Waals surface area (Å²) in [6.45, 7) is 0. The van der Waals surface area contributed by atoms with Crippen LogP contribution in [0.3, 0.4) is 0 Å². The molecule has 0 spiro atoms. The van der Waals surface area contributed by atoms with Gasteiger partial charge in [0.25, 0.3) is 0 Å². The highest BCUT2D eigenvalue weighted by Gasteiger charge is 2.10. The molecule has 0 aliphatic rings. The van der Waals surface area contributed by atoms with Crippen molar-refractivity contribution >= 4 is 16.9 Å². The van der Waals surface area contributed by atoms with Crippen LogP contribution in [0.1, 0.15) is 5.56 Å². The monoisotopic (exact) mass is 328 g/mol. The summed E-state index contributed by atoms with van der Waals surface area (Å²) in [5, 5.41) is 0.714. The molecule has 1 heterocycles. The zero-order chi connectivity index (χ0) is 17.1. The largest absolute Gasteiger partial charge is 0.494 e. The lowest BCUT2D eigenvalue weighted by molar-refractivity contribution is -0.133. The normalized spacial score (nSPS) is 10.6. The summed E-state index contributed by atoms with van der Waals surface area (Å²) >= 11 is 0. The lowest BCUT2D eigenvalue weighted by atomic mass is 10.1. The van der Waals surface area contributed by atoms with Crippen LogP contribution in [0.25, 0.3) is 11.0 Å². The zero-order valence-corrected chi connectivity index (χ0v) is 12.7. The molecule has 0 bridgehead atoms. The van der Waals surface area contributed by atoms with Gasteiger partial charge in [0.2, 0.25) is 0 Å². The molecule has 3 rings (SSSR count). The molecule has 0 unspecified atom stereocenters.